The number of carbonyl (C=O) groups excluding carboxylic acids is 1. The number of nitrogens with zero attached hydrogens (tertiary/aromatic N) is 3. The molecule has 0 spiro atoms. The molecule has 30 heavy (non-hydrogen) atoms. The molecule has 0 aliphatic heterocycles. The Labute approximate surface area is 184 Å². The van der Waals surface area contributed by atoms with Crippen molar-refractivity contribution in [3.05, 3.63) is 93.4 Å². The molecule has 4 aromatic rings. The van der Waals surface area contributed by atoms with Crippen molar-refractivity contribution >= 4 is 29.0 Å². The molecule has 0 aliphatic rings. The van der Waals surface area contributed by atoms with Crippen molar-refractivity contribution in [1.82, 2.24) is 20.1 Å². The number of carbonyl (C=O) groups is 1. The number of benzene rings is 2. The molecule has 2 heterocycles. The second-order valence-electron chi connectivity index (χ2n) is 6.94. The van der Waals surface area contributed by atoms with E-state index in [0.717, 1.165) is 16.6 Å². The Balaban J connectivity index is 1.59. The van der Waals surface area contributed by atoms with Gasteiger partial charge in [-0.05, 0) is 48.6 Å². The highest BCUT2D eigenvalue weighted by Gasteiger charge is 2.16. The van der Waals surface area contributed by atoms with Crippen molar-refractivity contribution in [3.63, 3.8) is 0 Å². The minimum atomic E-state index is -0.0995. The van der Waals surface area contributed by atoms with Gasteiger partial charge in [0.1, 0.15) is 0 Å². The van der Waals surface area contributed by atoms with Crippen LogP contribution in [0.3, 0.4) is 0 Å². The van der Waals surface area contributed by atoms with Crippen LogP contribution >= 0.6 is 23.1 Å². The number of thioether (sulfide) groups is 1. The molecule has 0 atom stereocenters. The number of aromatic nitrogens is 3. The van der Waals surface area contributed by atoms with Crippen LogP contribution in [0.15, 0.2) is 71.2 Å². The molecule has 4 rings (SSSR count). The smallest absolute Gasteiger partial charge is 0.261 e. The van der Waals surface area contributed by atoms with E-state index in [9.17, 15) is 4.79 Å². The zero-order valence-corrected chi connectivity index (χ0v) is 18.5. The summed E-state index contributed by atoms with van der Waals surface area (Å²) in [4.78, 5) is 13.0. The van der Waals surface area contributed by atoms with Gasteiger partial charge >= 0.3 is 0 Å². The number of hydrogen-bond acceptors (Lipinski definition) is 5. The predicted molar refractivity (Wildman–Crippen MR) is 122 cm³/mol. The van der Waals surface area contributed by atoms with Gasteiger partial charge in [0, 0.05) is 11.4 Å². The van der Waals surface area contributed by atoms with Crippen LogP contribution in [0.5, 0.6) is 0 Å². The lowest BCUT2D eigenvalue weighted by Gasteiger charge is -2.12. The fourth-order valence-electron chi connectivity index (χ4n) is 3.03. The fourth-order valence-corrected chi connectivity index (χ4v) is 4.72. The van der Waals surface area contributed by atoms with Gasteiger partial charge in [-0.15, -0.1) is 21.5 Å². The van der Waals surface area contributed by atoms with Gasteiger partial charge in [0.15, 0.2) is 11.0 Å². The van der Waals surface area contributed by atoms with Gasteiger partial charge in [-0.1, -0.05) is 59.8 Å². The van der Waals surface area contributed by atoms with Gasteiger partial charge in [-0.25, -0.2) is 0 Å². The number of aryl methyl sites for hydroxylation is 2. The average Bonchev–Trinajstić information content (AvgIpc) is 3.42. The normalized spacial score (nSPS) is 10.9. The summed E-state index contributed by atoms with van der Waals surface area (Å²) in [6.45, 7) is 4.49. The number of hydrogen-bond donors (Lipinski definition) is 1. The van der Waals surface area contributed by atoms with Crippen molar-refractivity contribution in [2.75, 3.05) is 0 Å². The van der Waals surface area contributed by atoms with Crippen LogP contribution in [-0.2, 0) is 12.3 Å². The minimum Gasteiger partial charge on any atom is -0.344 e. The van der Waals surface area contributed by atoms with Crippen molar-refractivity contribution in [1.29, 1.82) is 0 Å². The molecule has 0 aliphatic carbocycles. The van der Waals surface area contributed by atoms with Gasteiger partial charge in [-0.3, -0.25) is 9.36 Å². The van der Waals surface area contributed by atoms with Crippen LogP contribution < -0.4 is 5.32 Å². The van der Waals surface area contributed by atoms with Gasteiger partial charge in [0.2, 0.25) is 0 Å². The van der Waals surface area contributed by atoms with Gasteiger partial charge in [0.05, 0.1) is 11.4 Å². The molecule has 0 unspecified atom stereocenters. The molecular weight excluding hydrogens is 412 g/mol. The first-order chi connectivity index (χ1) is 14.6. The first kappa shape index (κ1) is 20.4. The lowest BCUT2D eigenvalue weighted by atomic mass is 10.1. The molecule has 0 bridgehead atoms. The van der Waals surface area contributed by atoms with Crippen molar-refractivity contribution < 1.29 is 4.79 Å². The third-order valence-corrected chi connectivity index (χ3v) is 6.61. The standard InChI is InChI=1S/C23H22N4OS2/c1-16-9-11-19(12-10-16)27-21(14-24-22(28)20-8-5-13-29-20)25-26-23(27)30-15-18-7-4-3-6-17(18)2/h3-13H,14-15H2,1-2H3,(H,24,28). The van der Waals surface area contributed by atoms with E-state index in [1.165, 1.54) is 28.0 Å². The largest absolute Gasteiger partial charge is 0.344 e. The van der Waals surface area contributed by atoms with Crippen molar-refractivity contribution in [3.8, 4) is 5.69 Å². The Morgan fingerprint density at radius 1 is 1.03 bits per heavy atom. The molecular formula is C23H22N4OS2. The number of thiophene rings is 1. The summed E-state index contributed by atoms with van der Waals surface area (Å²) in [6.07, 6.45) is 0. The van der Waals surface area contributed by atoms with E-state index in [1.807, 2.05) is 28.1 Å². The van der Waals surface area contributed by atoms with E-state index in [0.29, 0.717) is 17.2 Å². The Morgan fingerprint density at radius 3 is 2.57 bits per heavy atom. The average molecular weight is 435 g/mol. The highest BCUT2D eigenvalue weighted by Crippen LogP contribution is 2.26. The zero-order chi connectivity index (χ0) is 20.9. The maximum absolute atomic E-state index is 12.4. The summed E-state index contributed by atoms with van der Waals surface area (Å²) in [5.41, 5.74) is 4.70. The van der Waals surface area contributed by atoms with E-state index in [2.05, 4.69) is 71.8 Å². The fraction of sp³-hybridized carbons (Fsp3) is 0.174. The SMILES string of the molecule is Cc1ccc(-n2c(CNC(=O)c3cccs3)nnc2SCc2ccccc2C)cc1. The molecule has 0 saturated heterocycles. The molecule has 152 valence electrons. The second kappa shape index (κ2) is 9.28. The summed E-state index contributed by atoms with van der Waals surface area (Å²) in [5.74, 6) is 1.41. The van der Waals surface area contributed by atoms with E-state index < -0.39 is 0 Å². The molecule has 1 amide bonds. The highest BCUT2D eigenvalue weighted by atomic mass is 32.2. The Morgan fingerprint density at radius 2 is 1.83 bits per heavy atom. The van der Waals surface area contributed by atoms with E-state index in [4.69, 9.17) is 0 Å². The highest BCUT2D eigenvalue weighted by molar-refractivity contribution is 7.98. The number of nitrogens with one attached hydrogen (secondary N) is 1. The summed E-state index contributed by atoms with van der Waals surface area (Å²) in [7, 11) is 0. The maximum Gasteiger partial charge on any atom is 0.261 e. The first-order valence-electron chi connectivity index (χ1n) is 9.62. The minimum absolute atomic E-state index is 0.0995. The zero-order valence-electron chi connectivity index (χ0n) is 16.8. The summed E-state index contributed by atoms with van der Waals surface area (Å²) >= 11 is 3.07. The molecule has 0 radical (unpaired) electrons. The van der Waals surface area contributed by atoms with Gasteiger partial charge in [0.25, 0.3) is 5.91 Å². The quantitative estimate of drug-likeness (QED) is 0.408. The molecule has 2 aromatic carbocycles. The number of amides is 1. The monoisotopic (exact) mass is 434 g/mol. The molecule has 0 saturated carbocycles. The van der Waals surface area contributed by atoms with E-state index in [-0.39, 0.29) is 5.91 Å². The van der Waals surface area contributed by atoms with Crippen LogP contribution in [0, 0.1) is 13.8 Å². The third kappa shape index (κ3) is 4.63. The van der Waals surface area contributed by atoms with Gasteiger partial charge < -0.3 is 5.32 Å². The second-order valence-corrected chi connectivity index (χ2v) is 8.84. The number of rotatable bonds is 7. The molecule has 2 aromatic heterocycles. The predicted octanol–water partition coefficient (Wildman–Crippen LogP) is 5.17. The maximum atomic E-state index is 12.4. The third-order valence-electron chi connectivity index (χ3n) is 4.76. The Bertz CT molecular complexity index is 1130. The lowest BCUT2D eigenvalue weighted by Crippen LogP contribution is -2.23. The van der Waals surface area contributed by atoms with E-state index >= 15 is 0 Å². The summed E-state index contributed by atoms with van der Waals surface area (Å²) in [6, 6.07) is 20.3. The summed E-state index contributed by atoms with van der Waals surface area (Å²) < 4.78 is 2.02. The first-order valence-corrected chi connectivity index (χ1v) is 11.5. The van der Waals surface area contributed by atoms with Crippen LogP contribution in [-0.4, -0.2) is 20.7 Å². The van der Waals surface area contributed by atoms with Crippen LogP contribution in [0.1, 0.15) is 32.2 Å². The molecule has 5 nitrogen and oxygen atoms in total. The van der Waals surface area contributed by atoms with Crippen LogP contribution in [0.2, 0.25) is 0 Å². The Kier molecular flexibility index (Phi) is 6.30. The van der Waals surface area contributed by atoms with Crippen molar-refractivity contribution in [2.24, 2.45) is 0 Å². The lowest BCUT2D eigenvalue weighted by molar-refractivity contribution is 0.0953. The van der Waals surface area contributed by atoms with E-state index in [1.54, 1.807) is 11.8 Å². The molecule has 1 N–H and O–H groups in total. The van der Waals surface area contributed by atoms with Crippen molar-refractivity contribution in [2.45, 2.75) is 31.3 Å². The topological polar surface area (TPSA) is 59.8 Å². The molecule has 7 heteroatoms. The van der Waals surface area contributed by atoms with Gasteiger partial charge in [-0.2, -0.15) is 0 Å². The van der Waals surface area contributed by atoms with Crippen LogP contribution in [0.25, 0.3) is 5.69 Å². The summed E-state index contributed by atoms with van der Waals surface area (Å²) in [5, 5.41) is 14.5. The Hall–Kier alpha value is -2.90. The molecule has 0 fully saturated rings. The van der Waals surface area contributed by atoms with Crippen LogP contribution in [0.4, 0.5) is 0 Å².